The van der Waals surface area contributed by atoms with Gasteiger partial charge in [-0.3, -0.25) is 19.2 Å². The van der Waals surface area contributed by atoms with Crippen molar-refractivity contribution in [3.8, 4) is 5.75 Å². The minimum Gasteiger partial charge on any atom is -0.497 e. The Balaban J connectivity index is 1.63. The van der Waals surface area contributed by atoms with Crippen LogP contribution in [-0.2, 0) is 9.59 Å². The van der Waals surface area contributed by atoms with E-state index in [9.17, 15) is 19.2 Å². The molecule has 1 heterocycles. The summed E-state index contributed by atoms with van der Waals surface area (Å²) in [6, 6.07) is 10.7. The van der Waals surface area contributed by atoms with E-state index in [1.54, 1.807) is 18.2 Å². The summed E-state index contributed by atoms with van der Waals surface area (Å²) in [5, 5.41) is 0.738. The Labute approximate surface area is 263 Å². The average Bonchev–Trinajstić information content (AvgIpc) is 3.32. The Morgan fingerprint density at radius 2 is 1.38 bits per heavy atom. The van der Waals surface area contributed by atoms with Gasteiger partial charge >= 0.3 is 0 Å². The molecule has 1 saturated heterocycles. The summed E-state index contributed by atoms with van der Waals surface area (Å²) in [4.78, 5) is 51.5. The van der Waals surface area contributed by atoms with Gasteiger partial charge in [0.15, 0.2) is 10.1 Å². The minimum absolute atomic E-state index is 0.0249. The first kappa shape index (κ1) is 29.8. The van der Waals surface area contributed by atoms with Gasteiger partial charge in [-0.15, -0.1) is 23.2 Å². The summed E-state index contributed by atoms with van der Waals surface area (Å²) in [6.45, 7) is 1.36. The van der Waals surface area contributed by atoms with Gasteiger partial charge in [0.1, 0.15) is 21.5 Å². The molecular weight excluding hydrogens is 668 g/mol. The molecule has 0 radical (unpaired) electrons. The molecule has 2 aliphatic carbocycles. The number of hydrazine groups is 1. The lowest BCUT2D eigenvalue weighted by Gasteiger charge is -2.38. The summed E-state index contributed by atoms with van der Waals surface area (Å²) in [5.41, 5.74) is 0.110. The van der Waals surface area contributed by atoms with E-state index < -0.39 is 55.5 Å². The second kappa shape index (κ2) is 9.94. The van der Waals surface area contributed by atoms with Crippen molar-refractivity contribution in [2.24, 2.45) is 11.8 Å². The molecule has 5 atom stereocenters. The molecule has 40 heavy (non-hydrogen) atoms. The van der Waals surface area contributed by atoms with E-state index in [1.807, 2.05) is 0 Å². The number of halogens is 7. The van der Waals surface area contributed by atoms with Gasteiger partial charge in [0.05, 0.1) is 39.6 Å². The fraction of sp³-hybridized carbons (Fsp3) is 0.308. The molecule has 2 fully saturated rings. The van der Waals surface area contributed by atoms with E-state index in [4.69, 9.17) is 85.9 Å². The Morgan fingerprint density at radius 3 is 1.85 bits per heavy atom. The Kier molecular flexibility index (Phi) is 7.40. The third-order valence-corrected chi connectivity index (χ3v) is 12.1. The molecule has 14 heteroatoms. The van der Waals surface area contributed by atoms with Crippen LogP contribution in [0.2, 0.25) is 5.02 Å². The molecule has 2 aromatic rings. The molecule has 2 aromatic carbocycles. The molecule has 5 rings (SSSR count). The lowest BCUT2D eigenvalue weighted by atomic mass is 9.84. The number of ketones is 1. The van der Waals surface area contributed by atoms with E-state index in [0.717, 1.165) is 5.01 Å². The number of fused-ring (bicyclic) bond motifs is 5. The topological polar surface area (TPSA) is 84.0 Å². The standard InChI is InChI=1S/C26H17Cl7N2O5/c1-11(18(36)12-7-9-13(40-2)10-8-12)34(21(37)14-5-3-4-6-15(14)27)35-22(38)16-17(23(35)39)25(31)20(29)19(28)24(16,30)26(25,32)33/h3-11,16-17H,1-2H3/t11-,16-,17+,24+,25+/m0/s1. The first-order valence-corrected chi connectivity index (χ1v) is 14.3. The zero-order valence-electron chi connectivity index (χ0n) is 20.4. The number of benzene rings is 2. The van der Waals surface area contributed by atoms with Crippen molar-refractivity contribution in [2.75, 3.05) is 7.11 Å². The second-order valence-corrected chi connectivity index (χ2v) is 13.2. The van der Waals surface area contributed by atoms with Gasteiger partial charge in [0.2, 0.25) is 0 Å². The van der Waals surface area contributed by atoms with Crippen LogP contribution >= 0.6 is 81.2 Å². The molecule has 1 aliphatic heterocycles. The molecule has 0 aromatic heterocycles. The fourth-order valence-electron chi connectivity index (χ4n) is 5.50. The lowest BCUT2D eigenvalue weighted by Crippen LogP contribution is -2.59. The van der Waals surface area contributed by atoms with Crippen LogP contribution in [0.15, 0.2) is 58.6 Å². The number of amides is 3. The monoisotopic (exact) mass is 682 g/mol. The molecule has 0 spiro atoms. The van der Waals surface area contributed by atoms with Crippen LogP contribution in [0.1, 0.15) is 27.6 Å². The van der Waals surface area contributed by atoms with Crippen LogP contribution in [0, 0.1) is 11.8 Å². The van der Waals surface area contributed by atoms with Gasteiger partial charge in [0.25, 0.3) is 17.7 Å². The molecular formula is C26H17Cl7N2O5. The van der Waals surface area contributed by atoms with E-state index in [2.05, 4.69) is 0 Å². The Bertz CT molecular complexity index is 1470. The van der Waals surface area contributed by atoms with Gasteiger partial charge in [-0.1, -0.05) is 70.1 Å². The highest BCUT2D eigenvalue weighted by Crippen LogP contribution is 2.77. The summed E-state index contributed by atoms with van der Waals surface area (Å²) < 4.78 is 2.98. The van der Waals surface area contributed by atoms with Crippen molar-refractivity contribution in [3.05, 3.63) is 74.7 Å². The van der Waals surface area contributed by atoms with Crippen molar-refractivity contribution in [2.45, 2.75) is 27.0 Å². The van der Waals surface area contributed by atoms with Gasteiger partial charge in [-0.2, -0.15) is 5.01 Å². The molecule has 0 unspecified atom stereocenters. The van der Waals surface area contributed by atoms with Crippen molar-refractivity contribution < 1.29 is 23.9 Å². The maximum absolute atomic E-state index is 14.0. The number of rotatable bonds is 6. The third-order valence-electron chi connectivity index (χ3n) is 7.53. The number of hydrogen-bond acceptors (Lipinski definition) is 5. The zero-order chi connectivity index (χ0) is 29.5. The van der Waals surface area contributed by atoms with Gasteiger partial charge < -0.3 is 4.74 Å². The lowest BCUT2D eigenvalue weighted by molar-refractivity contribution is -0.157. The highest BCUT2D eigenvalue weighted by molar-refractivity contribution is 6.66. The largest absolute Gasteiger partial charge is 0.497 e. The highest BCUT2D eigenvalue weighted by Gasteiger charge is 2.88. The SMILES string of the molecule is COc1ccc(C(=O)[C@H](C)N(C(=O)c2ccccc2Cl)N2C(=O)[C@@H]3[C@H](C2=O)[C@@]2(Cl)C(Cl)=C(Cl)[C@@]3(Cl)C2(Cl)Cl)cc1. The normalized spacial score (nSPS) is 29.1. The van der Waals surface area contributed by atoms with Crippen LogP contribution < -0.4 is 4.74 Å². The zero-order valence-corrected chi connectivity index (χ0v) is 25.7. The number of nitrogens with zero attached hydrogens (tertiary/aromatic N) is 2. The summed E-state index contributed by atoms with van der Waals surface area (Å²) in [7, 11) is 1.47. The molecule has 0 N–H and O–H groups in total. The van der Waals surface area contributed by atoms with E-state index in [0.29, 0.717) is 10.8 Å². The Morgan fingerprint density at radius 1 is 0.875 bits per heavy atom. The third kappa shape index (κ3) is 3.65. The van der Waals surface area contributed by atoms with Crippen molar-refractivity contribution in [1.82, 2.24) is 10.0 Å². The first-order valence-electron chi connectivity index (χ1n) is 11.6. The van der Waals surface area contributed by atoms with Gasteiger partial charge in [-0.05, 0) is 43.3 Å². The number of imide groups is 1. The number of allylic oxidation sites excluding steroid dienone is 2. The number of Topliss-reactive ketones (excluding diaryl/α,β-unsaturated/α-hetero) is 1. The van der Waals surface area contributed by atoms with E-state index >= 15 is 0 Å². The van der Waals surface area contributed by atoms with Crippen molar-refractivity contribution in [1.29, 1.82) is 0 Å². The van der Waals surface area contributed by atoms with Crippen molar-refractivity contribution >= 4 is 105 Å². The van der Waals surface area contributed by atoms with Crippen molar-refractivity contribution in [3.63, 3.8) is 0 Å². The summed E-state index contributed by atoms with van der Waals surface area (Å²) >= 11 is 45.9. The molecule has 3 aliphatic rings. The second-order valence-electron chi connectivity index (χ2n) is 9.47. The number of hydrogen-bond donors (Lipinski definition) is 0. The molecule has 1 saturated carbocycles. The molecule has 7 nitrogen and oxygen atoms in total. The number of carbonyl (C=O) groups is 4. The van der Waals surface area contributed by atoms with Gasteiger partial charge in [-0.25, -0.2) is 5.01 Å². The average molecular weight is 686 g/mol. The predicted octanol–water partition coefficient (Wildman–Crippen LogP) is 6.42. The van der Waals surface area contributed by atoms with Crippen LogP contribution in [0.4, 0.5) is 0 Å². The number of alkyl halides is 4. The fourth-order valence-corrected chi connectivity index (χ4v) is 8.64. The number of ether oxygens (including phenoxy) is 1. The number of methoxy groups -OCH3 is 1. The molecule has 2 bridgehead atoms. The van der Waals surface area contributed by atoms with Gasteiger partial charge in [0, 0.05) is 5.56 Å². The van der Waals surface area contributed by atoms with Crippen LogP contribution in [0.3, 0.4) is 0 Å². The maximum Gasteiger partial charge on any atom is 0.275 e. The Hall–Kier alpha value is -1.71. The minimum atomic E-state index is -2.16. The van der Waals surface area contributed by atoms with E-state index in [1.165, 1.54) is 44.4 Å². The smallest absolute Gasteiger partial charge is 0.275 e. The maximum atomic E-state index is 14.0. The number of carbonyl (C=O) groups excluding carboxylic acids is 4. The first-order chi connectivity index (χ1) is 18.7. The molecule has 210 valence electrons. The summed E-state index contributed by atoms with van der Waals surface area (Å²) in [5.74, 6) is -6.00. The molecule has 3 amide bonds. The highest BCUT2D eigenvalue weighted by atomic mass is 35.5. The predicted molar refractivity (Wildman–Crippen MR) is 154 cm³/mol. The van der Waals surface area contributed by atoms with Crippen LogP contribution in [-0.4, -0.2) is 60.8 Å². The van der Waals surface area contributed by atoms with Crippen LogP contribution in [0.5, 0.6) is 5.75 Å². The van der Waals surface area contributed by atoms with E-state index in [-0.39, 0.29) is 26.2 Å². The van der Waals surface area contributed by atoms with Crippen LogP contribution in [0.25, 0.3) is 0 Å². The quantitative estimate of drug-likeness (QED) is 0.199. The summed E-state index contributed by atoms with van der Waals surface area (Å²) in [6.07, 6.45) is 0.